The number of benzene rings is 1. The summed E-state index contributed by atoms with van der Waals surface area (Å²) < 4.78 is 6.80. The number of nitrogens with two attached hydrogens (primary N) is 1. The van der Waals surface area contributed by atoms with Crippen LogP contribution in [0.5, 0.6) is 5.75 Å². The summed E-state index contributed by atoms with van der Waals surface area (Å²) in [7, 11) is 0. The van der Waals surface area contributed by atoms with Gasteiger partial charge in [-0.1, -0.05) is 15.9 Å². The van der Waals surface area contributed by atoms with Gasteiger partial charge in [-0.25, -0.2) is 0 Å². The predicted molar refractivity (Wildman–Crippen MR) is 66.4 cm³/mol. The summed E-state index contributed by atoms with van der Waals surface area (Å²) >= 11 is 3.40. The maximum atomic E-state index is 9.11. The quantitative estimate of drug-likeness (QED) is 0.893. The minimum atomic E-state index is -0.382. The summed E-state index contributed by atoms with van der Waals surface area (Å²) in [5, 5.41) is 9.11. The molecule has 1 aliphatic rings. The average molecular weight is 286 g/mol. The van der Waals surface area contributed by atoms with Crippen molar-refractivity contribution in [3.8, 4) is 5.75 Å². The molecule has 0 aliphatic heterocycles. The maximum Gasteiger partial charge on any atom is 0.124 e. The Labute approximate surface area is 104 Å². The lowest BCUT2D eigenvalue weighted by molar-refractivity contribution is 0.117. The van der Waals surface area contributed by atoms with Gasteiger partial charge in [0.2, 0.25) is 0 Å². The SMILES string of the molecule is NC(CO)c1cc(Br)ccc1OC1CCC1. The smallest absolute Gasteiger partial charge is 0.124 e. The first-order valence-electron chi connectivity index (χ1n) is 5.53. The lowest BCUT2D eigenvalue weighted by Crippen LogP contribution is -2.26. The second-order valence-electron chi connectivity index (χ2n) is 4.14. The van der Waals surface area contributed by atoms with Gasteiger partial charge in [-0.05, 0) is 37.5 Å². The molecule has 4 heteroatoms. The Morgan fingerprint density at radius 3 is 2.81 bits per heavy atom. The van der Waals surface area contributed by atoms with Gasteiger partial charge in [0, 0.05) is 10.0 Å². The van der Waals surface area contributed by atoms with Crippen molar-refractivity contribution >= 4 is 15.9 Å². The van der Waals surface area contributed by atoms with E-state index in [0.717, 1.165) is 28.6 Å². The van der Waals surface area contributed by atoms with Crippen LogP contribution in [0.4, 0.5) is 0 Å². The second kappa shape index (κ2) is 5.17. The van der Waals surface area contributed by atoms with Gasteiger partial charge in [0.1, 0.15) is 5.75 Å². The highest BCUT2D eigenvalue weighted by atomic mass is 79.9. The molecular weight excluding hydrogens is 270 g/mol. The van der Waals surface area contributed by atoms with Crippen molar-refractivity contribution < 1.29 is 9.84 Å². The first-order chi connectivity index (χ1) is 7.70. The normalized spacial score (nSPS) is 17.9. The third-order valence-corrected chi connectivity index (χ3v) is 3.41. The van der Waals surface area contributed by atoms with Crippen LogP contribution in [0.25, 0.3) is 0 Å². The van der Waals surface area contributed by atoms with E-state index in [4.69, 9.17) is 15.6 Å². The molecule has 3 nitrogen and oxygen atoms in total. The molecule has 1 aromatic carbocycles. The molecule has 0 spiro atoms. The fourth-order valence-electron chi connectivity index (χ4n) is 1.68. The maximum absolute atomic E-state index is 9.11. The number of hydrogen-bond acceptors (Lipinski definition) is 3. The van der Waals surface area contributed by atoms with Gasteiger partial charge >= 0.3 is 0 Å². The van der Waals surface area contributed by atoms with Crippen molar-refractivity contribution in [1.29, 1.82) is 0 Å². The molecular formula is C12H16BrNO2. The van der Waals surface area contributed by atoms with E-state index in [0.29, 0.717) is 6.10 Å². The number of aliphatic hydroxyl groups excluding tert-OH is 1. The molecule has 0 bridgehead atoms. The Balaban J connectivity index is 2.20. The fourth-order valence-corrected chi connectivity index (χ4v) is 2.06. The van der Waals surface area contributed by atoms with Crippen LogP contribution < -0.4 is 10.5 Å². The van der Waals surface area contributed by atoms with Crippen molar-refractivity contribution in [2.75, 3.05) is 6.61 Å². The molecule has 1 unspecified atom stereocenters. The third-order valence-electron chi connectivity index (χ3n) is 2.91. The highest BCUT2D eigenvalue weighted by Crippen LogP contribution is 2.31. The largest absolute Gasteiger partial charge is 0.490 e. The minimum Gasteiger partial charge on any atom is -0.490 e. The van der Waals surface area contributed by atoms with E-state index in [1.807, 2.05) is 18.2 Å². The molecule has 0 saturated heterocycles. The van der Waals surface area contributed by atoms with E-state index in [-0.39, 0.29) is 12.6 Å². The molecule has 88 valence electrons. The summed E-state index contributed by atoms with van der Waals surface area (Å²) in [6.45, 7) is -0.0719. The van der Waals surface area contributed by atoms with Crippen molar-refractivity contribution in [1.82, 2.24) is 0 Å². The zero-order valence-electron chi connectivity index (χ0n) is 9.03. The summed E-state index contributed by atoms with van der Waals surface area (Å²) in [6.07, 6.45) is 3.79. The summed E-state index contributed by atoms with van der Waals surface area (Å²) in [4.78, 5) is 0. The Bertz CT molecular complexity index is 366. The van der Waals surface area contributed by atoms with Crippen molar-refractivity contribution in [2.45, 2.75) is 31.4 Å². The summed E-state index contributed by atoms with van der Waals surface area (Å²) in [5.74, 6) is 0.800. The lowest BCUT2D eigenvalue weighted by atomic mass is 9.96. The molecule has 1 aliphatic carbocycles. The van der Waals surface area contributed by atoms with Crippen LogP contribution in [0.1, 0.15) is 30.9 Å². The van der Waals surface area contributed by atoms with Gasteiger partial charge < -0.3 is 15.6 Å². The molecule has 0 heterocycles. The average Bonchev–Trinajstić information content (AvgIpc) is 2.23. The minimum absolute atomic E-state index is 0.0719. The number of hydrogen-bond donors (Lipinski definition) is 2. The standard InChI is InChI=1S/C12H16BrNO2/c13-8-4-5-12(16-9-2-1-3-9)10(6-8)11(14)7-15/h4-6,9,11,15H,1-3,7,14H2. The molecule has 3 N–H and O–H groups in total. The van der Waals surface area contributed by atoms with E-state index in [2.05, 4.69) is 15.9 Å². The van der Waals surface area contributed by atoms with E-state index < -0.39 is 0 Å². The first kappa shape index (κ1) is 11.9. The van der Waals surface area contributed by atoms with Gasteiger partial charge in [-0.3, -0.25) is 0 Å². The molecule has 1 atom stereocenters. The number of ether oxygens (including phenoxy) is 1. The second-order valence-corrected chi connectivity index (χ2v) is 5.06. The number of rotatable bonds is 4. The Morgan fingerprint density at radius 1 is 1.50 bits per heavy atom. The highest BCUT2D eigenvalue weighted by molar-refractivity contribution is 9.10. The fraction of sp³-hybridized carbons (Fsp3) is 0.500. The van der Waals surface area contributed by atoms with E-state index >= 15 is 0 Å². The molecule has 2 rings (SSSR count). The van der Waals surface area contributed by atoms with E-state index in [1.54, 1.807) is 0 Å². The lowest BCUT2D eigenvalue weighted by Gasteiger charge is -2.28. The molecule has 0 radical (unpaired) electrons. The van der Waals surface area contributed by atoms with Gasteiger partial charge in [0.05, 0.1) is 18.8 Å². The first-order valence-corrected chi connectivity index (χ1v) is 6.32. The van der Waals surface area contributed by atoms with Gasteiger partial charge in [0.15, 0.2) is 0 Å². The zero-order valence-corrected chi connectivity index (χ0v) is 10.6. The Kier molecular flexibility index (Phi) is 3.84. The summed E-state index contributed by atoms with van der Waals surface area (Å²) in [6, 6.07) is 5.37. The van der Waals surface area contributed by atoms with Crippen LogP contribution in [0.3, 0.4) is 0 Å². The molecule has 1 fully saturated rings. The van der Waals surface area contributed by atoms with Gasteiger partial charge in [0.25, 0.3) is 0 Å². The molecule has 0 amide bonds. The summed E-state index contributed by atoms with van der Waals surface area (Å²) in [5.41, 5.74) is 6.71. The van der Waals surface area contributed by atoms with Crippen molar-refractivity contribution in [2.24, 2.45) is 5.73 Å². The number of halogens is 1. The van der Waals surface area contributed by atoms with Gasteiger partial charge in [-0.15, -0.1) is 0 Å². The van der Waals surface area contributed by atoms with Crippen LogP contribution in [-0.4, -0.2) is 17.8 Å². The highest BCUT2D eigenvalue weighted by Gasteiger charge is 2.21. The monoisotopic (exact) mass is 285 g/mol. The molecule has 16 heavy (non-hydrogen) atoms. The van der Waals surface area contributed by atoms with Crippen LogP contribution in [0, 0.1) is 0 Å². The third kappa shape index (κ3) is 2.56. The van der Waals surface area contributed by atoms with Crippen molar-refractivity contribution in [3.05, 3.63) is 28.2 Å². The Morgan fingerprint density at radius 2 is 2.25 bits per heavy atom. The predicted octanol–water partition coefficient (Wildman–Crippen LogP) is 2.37. The number of aliphatic hydroxyl groups is 1. The van der Waals surface area contributed by atoms with Crippen LogP contribution in [0.2, 0.25) is 0 Å². The topological polar surface area (TPSA) is 55.5 Å². The van der Waals surface area contributed by atoms with Gasteiger partial charge in [-0.2, -0.15) is 0 Å². The van der Waals surface area contributed by atoms with Crippen LogP contribution >= 0.6 is 15.9 Å². The zero-order chi connectivity index (χ0) is 11.5. The molecule has 0 aromatic heterocycles. The van der Waals surface area contributed by atoms with Crippen LogP contribution in [0.15, 0.2) is 22.7 Å². The molecule has 1 aromatic rings. The molecule has 1 saturated carbocycles. The Hall–Kier alpha value is -0.580. The van der Waals surface area contributed by atoms with Crippen LogP contribution in [-0.2, 0) is 0 Å². The van der Waals surface area contributed by atoms with E-state index in [9.17, 15) is 0 Å². The van der Waals surface area contributed by atoms with E-state index in [1.165, 1.54) is 6.42 Å². The van der Waals surface area contributed by atoms with Crippen molar-refractivity contribution in [3.63, 3.8) is 0 Å².